The number of furan rings is 1. The van der Waals surface area contributed by atoms with Crippen LogP contribution in [-0.4, -0.2) is 39.1 Å². The average molecular weight is 433 g/mol. The molecule has 1 saturated carbocycles. The van der Waals surface area contributed by atoms with Crippen molar-refractivity contribution in [3.8, 4) is 0 Å². The molecule has 4 rings (SSSR count). The molecule has 2 amide bonds. The van der Waals surface area contributed by atoms with E-state index >= 15 is 0 Å². The average Bonchev–Trinajstić information content (AvgIpc) is 3.52. The van der Waals surface area contributed by atoms with Crippen molar-refractivity contribution in [1.82, 2.24) is 9.80 Å². The Morgan fingerprint density at radius 3 is 2.44 bits per heavy atom. The first-order valence-electron chi connectivity index (χ1n) is 10.4. The number of nitrogens with zero attached hydrogens (tertiary/aromatic N) is 3. The van der Waals surface area contributed by atoms with Crippen LogP contribution in [0.5, 0.6) is 0 Å². The molecule has 0 unspecified atom stereocenters. The van der Waals surface area contributed by atoms with Gasteiger partial charge in [-0.2, -0.15) is 0 Å². The highest BCUT2D eigenvalue weighted by Gasteiger charge is 2.35. The fourth-order valence-electron chi connectivity index (χ4n) is 3.54. The molecule has 3 aromatic rings. The van der Waals surface area contributed by atoms with Gasteiger partial charge in [0.25, 0.3) is 11.6 Å². The van der Waals surface area contributed by atoms with Crippen LogP contribution in [0.1, 0.15) is 34.5 Å². The van der Waals surface area contributed by atoms with Gasteiger partial charge in [0.15, 0.2) is 0 Å². The van der Waals surface area contributed by atoms with Crippen molar-refractivity contribution in [1.29, 1.82) is 0 Å². The van der Waals surface area contributed by atoms with Crippen LogP contribution in [0.3, 0.4) is 0 Å². The highest BCUT2D eigenvalue weighted by molar-refractivity contribution is 5.97. The van der Waals surface area contributed by atoms with Crippen LogP contribution in [0, 0.1) is 10.1 Å². The van der Waals surface area contributed by atoms with Gasteiger partial charge in [0.1, 0.15) is 12.3 Å². The summed E-state index contributed by atoms with van der Waals surface area (Å²) >= 11 is 0. The van der Waals surface area contributed by atoms with Crippen molar-refractivity contribution in [2.75, 3.05) is 6.54 Å². The second-order valence-corrected chi connectivity index (χ2v) is 7.79. The molecule has 1 aliphatic carbocycles. The fourth-order valence-corrected chi connectivity index (χ4v) is 3.54. The maximum absolute atomic E-state index is 13.3. The number of nitro groups is 1. The predicted molar refractivity (Wildman–Crippen MR) is 117 cm³/mol. The number of non-ortho nitro benzene ring substituents is 1. The number of nitro benzene ring substituents is 1. The predicted octanol–water partition coefficient (Wildman–Crippen LogP) is 4.02. The Morgan fingerprint density at radius 2 is 1.78 bits per heavy atom. The third-order valence-electron chi connectivity index (χ3n) is 5.35. The Balaban J connectivity index is 1.53. The van der Waals surface area contributed by atoms with E-state index in [9.17, 15) is 19.7 Å². The van der Waals surface area contributed by atoms with Gasteiger partial charge in [-0.1, -0.05) is 36.4 Å². The number of benzene rings is 2. The maximum atomic E-state index is 13.3. The smallest absolute Gasteiger partial charge is 0.270 e. The van der Waals surface area contributed by atoms with Gasteiger partial charge in [-0.25, -0.2) is 0 Å². The molecular formula is C24H23N3O5. The minimum atomic E-state index is -0.533. The van der Waals surface area contributed by atoms with Crippen LogP contribution in [0.4, 0.5) is 5.69 Å². The second kappa shape index (κ2) is 9.47. The molecule has 0 N–H and O–H groups in total. The molecule has 8 heteroatoms. The van der Waals surface area contributed by atoms with Crippen molar-refractivity contribution in [3.05, 3.63) is 100.0 Å². The Hall–Kier alpha value is -3.94. The Kier molecular flexibility index (Phi) is 6.30. The Morgan fingerprint density at radius 1 is 1.00 bits per heavy atom. The topological polar surface area (TPSA) is 96.9 Å². The first kappa shape index (κ1) is 21.3. The minimum Gasteiger partial charge on any atom is -0.467 e. The van der Waals surface area contributed by atoms with Gasteiger partial charge < -0.3 is 14.2 Å². The lowest BCUT2D eigenvalue weighted by Gasteiger charge is -2.27. The van der Waals surface area contributed by atoms with E-state index in [4.69, 9.17) is 4.42 Å². The summed E-state index contributed by atoms with van der Waals surface area (Å²) in [4.78, 5) is 40.2. The molecule has 0 spiro atoms. The summed E-state index contributed by atoms with van der Waals surface area (Å²) in [7, 11) is 0. The normalized spacial score (nSPS) is 12.9. The molecule has 1 fully saturated rings. The lowest BCUT2D eigenvalue weighted by Crippen LogP contribution is -2.43. The molecule has 32 heavy (non-hydrogen) atoms. The molecule has 1 aliphatic rings. The monoisotopic (exact) mass is 433 g/mol. The third-order valence-corrected chi connectivity index (χ3v) is 5.35. The third kappa shape index (κ3) is 5.21. The van der Waals surface area contributed by atoms with Gasteiger partial charge in [0.05, 0.1) is 17.7 Å². The highest BCUT2D eigenvalue weighted by atomic mass is 16.6. The lowest BCUT2D eigenvalue weighted by atomic mass is 10.1. The van der Waals surface area contributed by atoms with E-state index in [1.165, 1.54) is 23.1 Å². The van der Waals surface area contributed by atoms with Crippen LogP contribution in [-0.2, 0) is 17.9 Å². The van der Waals surface area contributed by atoms with E-state index < -0.39 is 4.92 Å². The van der Waals surface area contributed by atoms with E-state index in [1.807, 2.05) is 30.3 Å². The molecule has 164 valence electrons. The van der Waals surface area contributed by atoms with Crippen LogP contribution < -0.4 is 0 Å². The lowest BCUT2D eigenvalue weighted by molar-refractivity contribution is -0.384. The zero-order valence-electron chi connectivity index (χ0n) is 17.4. The van der Waals surface area contributed by atoms with E-state index in [0.717, 1.165) is 18.4 Å². The van der Waals surface area contributed by atoms with Crippen LogP contribution in [0.2, 0.25) is 0 Å². The molecule has 0 aliphatic heterocycles. The van der Waals surface area contributed by atoms with Gasteiger partial charge in [-0.15, -0.1) is 0 Å². The number of hydrogen-bond donors (Lipinski definition) is 0. The summed E-state index contributed by atoms with van der Waals surface area (Å²) in [6.45, 7) is 0.563. The summed E-state index contributed by atoms with van der Waals surface area (Å²) < 4.78 is 5.43. The molecule has 0 radical (unpaired) electrons. The van der Waals surface area contributed by atoms with Gasteiger partial charge in [-0.05, 0) is 36.6 Å². The summed E-state index contributed by atoms with van der Waals surface area (Å²) in [6.07, 6.45) is 3.18. The van der Waals surface area contributed by atoms with Crippen LogP contribution in [0.25, 0.3) is 0 Å². The molecule has 0 atom stereocenters. The summed E-state index contributed by atoms with van der Waals surface area (Å²) in [5, 5.41) is 11.1. The van der Waals surface area contributed by atoms with Crippen molar-refractivity contribution in [2.24, 2.45) is 0 Å². The van der Waals surface area contributed by atoms with Crippen molar-refractivity contribution in [2.45, 2.75) is 32.0 Å². The standard InChI is InChI=1S/C24H23N3O5/c28-23(25(16-22-10-5-13-32-22)15-18-6-2-1-3-7-18)17-26(20-11-12-20)24(29)19-8-4-9-21(14-19)27(30)31/h1-10,13-14,20H,11-12,15-17H2. The number of hydrogen-bond acceptors (Lipinski definition) is 5. The van der Waals surface area contributed by atoms with Gasteiger partial charge >= 0.3 is 0 Å². The SMILES string of the molecule is O=C(CN(C(=O)c1cccc([N+](=O)[O-])c1)C1CC1)N(Cc1ccccc1)Cc1ccco1. The van der Waals surface area contributed by atoms with E-state index in [1.54, 1.807) is 29.4 Å². The first-order chi connectivity index (χ1) is 15.5. The minimum absolute atomic E-state index is 0.0344. The van der Waals surface area contributed by atoms with Crippen molar-refractivity contribution in [3.63, 3.8) is 0 Å². The van der Waals surface area contributed by atoms with Crippen molar-refractivity contribution < 1.29 is 18.9 Å². The number of amides is 2. The van der Waals surface area contributed by atoms with E-state index in [-0.39, 0.29) is 42.2 Å². The summed E-state index contributed by atoms with van der Waals surface area (Å²) in [6, 6.07) is 18.8. The molecule has 0 bridgehead atoms. The largest absolute Gasteiger partial charge is 0.467 e. The molecular weight excluding hydrogens is 410 g/mol. The number of rotatable bonds is 9. The van der Waals surface area contributed by atoms with E-state index in [0.29, 0.717) is 12.3 Å². The van der Waals surface area contributed by atoms with E-state index in [2.05, 4.69) is 0 Å². The zero-order valence-corrected chi connectivity index (χ0v) is 17.4. The Labute approximate surface area is 185 Å². The Bertz CT molecular complexity index is 1090. The van der Waals surface area contributed by atoms with Crippen LogP contribution in [0.15, 0.2) is 77.4 Å². The molecule has 1 aromatic heterocycles. The maximum Gasteiger partial charge on any atom is 0.270 e. The first-order valence-corrected chi connectivity index (χ1v) is 10.4. The number of carbonyl (C=O) groups is 2. The van der Waals surface area contributed by atoms with Gasteiger partial charge in [0.2, 0.25) is 5.91 Å². The molecule has 2 aromatic carbocycles. The van der Waals surface area contributed by atoms with Gasteiger partial charge in [0, 0.05) is 30.3 Å². The van der Waals surface area contributed by atoms with Gasteiger partial charge in [-0.3, -0.25) is 19.7 Å². The summed E-state index contributed by atoms with van der Waals surface area (Å²) in [5.41, 5.74) is 1.02. The van der Waals surface area contributed by atoms with Crippen LogP contribution >= 0.6 is 0 Å². The highest BCUT2D eigenvalue weighted by Crippen LogP contribution is 2.29. The fraction of sp³-hybridized carbons (Fsp3) is 0.250. The second-order valence-electron chi connectivity index (χ2n) is 7.79. The summed E-state index contributed by atoms with van der Waals surface area (Å²) in [5.74, 6) is 0.0652. The molecule has 1 heterocycles. The number of carbonyl (C=O) groups excluding carboxylic acids is 2. The molecule has 0 saturated heterocycles. The quantitative estimate of drug-likeness (QED) is 0.375. The van der Waals surface area contributed by atoms with Crippen molar-refractivity contribution >= 4 is 17.5 Å². The zero-order chi connectivity index (χ0) is 22.5. The molecule has 8 nitrogen and oxygen atoms in total.